The molecule has 3 rings (SSSR count). The zero-order valence-electron chi connectivity index (χ0n) is 9.15. The van der Waals surface area contributed by atoms with Crippen molar-refractivity contribution in [2.45, 2.75) is 31.1 Å². The molecule has 1 aliphatic heterocycles. The maximum Gasteiger partial charge on any atom is 0.130 e. The Kier molecular flexibility index (Phi) is 2.25. The number of aryl methyl sites for hydroxylation is 1. The number of piperidine rings is 1. The summed E-state index contributed by atoms with van der Waals surface area (Å²) >= 11 is 0. The highest BCUT2D eigenvalue weighted by Gasteiger charge is 2.41. The minimum Gasteiger partial charge on any atom is -0.317 e. The molecule has 1 aliphatic carbocycles. The molecule has 1 heterocycles. The molecule has 0 bridgehead atoms. The monoisotopic (exact) mass is 223 g/mol. The van der Waals surface area contributed by atoms with Gasteiger partial charge in [-0.05, 0) is 56.0 Å². The molecule has 3 heteroatoms. The topological polar surface area (TPSA) is 12.0 Å². The van der Waals surface area contributed by atoms with E-state index in [1.54, 1.807) is 0 Å². The Bertz CT molecular complexity index is 422. The van der Waals surface area contributed by atoms with Crippen molar-refractivity contribution in [2.24, 2.45) is 0 Å². The first-order chi connectivity index (χ1) is 7.71. The first-order valence-corrected chi connectivity index (χ1v) is 5.90. The van der Waals surface area contributed by atoms with Crippen molar-refractivity contribution in [3.05, 3.63) is 34.9 Å². The Hall–Kier alpha value is -0.960. The third kappa shape index (κ3) is 1.38. The summed E-state index contributed by atoms with van der Waals surface area (Å²) in [4.78, 5) is 0. The Morgan fingerprint density at radius 3 is 2.56 bits per heavy atom. The van der Waals surface area contributed by atoms with Gasteiger partial charge in [-0.2, -0.15) is 0 Å². The van der Waals surface area contributed by atoms with Crippen LogP contribution in [0, 0.1) is 11.6 Å². The highest BCUT2D eigenvalue weighted by molar-refractivity contribution is 5.41. The molecular weight excluding hydrogens is 208 g/mol. The van der Waals surface area contributed by atoms with Crippen molar-refractivity contribution < 1.29 is 8.78 Å². The van der Waals surface area contributed by atoms with Crippen molar-refractivity contribution >= 4 is 0 Å². The number of halogens is 2. The molecular formula is C13H15F2N. The summed E-state index contributed by atoms with van der Waals surface area (Å²) in [6.07, 6.45) is 3.75. The van der Waals surface area contributed by atoms with Gasteiger partial charge in [0.1, 0.15) is 11.6 Å². The SMILES string of the molecule is Fc1cc(F)c2c(c1)CCC21CCNCC1. The molecule has 0 unspecified atom stereocenters. The molecule has 2 aliphatic rings. The summed E-state index contributed by atoms with van der Waals surface area (Å²) in [5.74, 6) is -0.781. The van der Waals surface area contributed by atoms with Crippen molar-refractivity contribution in [3.63, 3.8) is 0 Å². The van der Waals surface area contributed by atoms with Gasteiger partial charge in [-0.15, -0.1) is 0 Å². The first kappa shape index (κ1) is 10.2. The van der Waals surface area contributed by atoms with Crippen LogP contribution in [0.2, 0.25) is 0 Å². The van der Waals surface area contributed by atoms with Crippen molar-refractivity contribution in [3.8, 4) is 0 Å². The Balaban J connectivity index is 2.10. The van der Waals surface area contributed by atoms with E-state index in [4.69, 9.17) is 0 Å². The fourth-order valence-corrected chi connectivity index (χ4v) is 3.32. The smallest absolute Gasteiger partial charge is 0.130 e. The molecule has 0 radical (unpaired) electrons. The Morgan fingerprint density at radius 2 is 1.81 bits per heavy atom. The molecule has 0 saturated carbocycles. The second-order valence-corrected chi connectivity index (χ2v) is 4.95. The van der Waals surface area contributed by atoms with Crippen LogP contribution in [0.25, 0.3) is 0 Å². The second-order valence-electron chi connectivity index (χ2n) is 4.95. The van der Waals surface area contributed by atoms with E-state index in [2.05, 4.69) is 5.32 Å². The zero-order valence-corrected chi connectivity index (χ0v) is 9.15. The van der Waals surface area contributed by atoms with Crippen LogP contribution in [-0.4, -0.2) is 13.1 Å². The molecule has 1 N–H and O–H groups in total. The standard InChI is InChI=1S/C13H15F2N/c14-10-7-9-1-2-13(3-5-16-6-4-13)12(9)11(15)8-10/h7-8,16H,1-6H2. The predicted octanol–water partition coefficient (Wildman–Crippen LogP) is 2.53. The number of hydrogen-bond acceptors (Lipinski definition) is 1. The lowest BCUT2D eigenvalue weighted by molar-refractivity contribution is 0.298. The molecule has 1 nitrogen and oxygen atoms in total. The van der Waals surface area contributed by atoms with Gasteiger partial charge in [0.15, 0.2) is 0 Å². The predicted molar refractivity (Wildman–Crippen MR) is 58.5 cm³/mol. The van der Waals surface area contributed by atoms with Crippen LogP contribution >= 0.6 is 0 Å². The van der Waals surface area contributed by atoms with Crippen LogP contribution in [-0.2, 0) is 11.8 Å². The molecule has 0 atom stereocenters. The summed E-state index contributed by atoms with van der Waals surface area (Å²) < 4.78 is 27.0. The molecule has 0 aromatic heterocycles. The molecule has 1 fully saturated rings. The van der Waals surface area contributed by atoms with Crippen LogP contribution in [0.5, 0.6) is 0 Å². The second kappa shape index (κ2) is 3.52. The molecule has 1 aromatic carbocycles. The average Bonchev–Trinajstić information content (AvgIpc) is 2.58. The summed E-state index contributed by atoms with van der Waals surface area (Å²) in [6, 6.07) is 2.54. The van der Waals surface area contributed by atoms with Crippen LogP contribution < -0.4 is 5.32 Å². The normalized spacial score (nSPS) is 22.4. The van der Waals surface area contributed by atoms with Gasteiger partial charge in [0.05, 0.1) is 0 Å². The highest BCUT2D eigenvalue weighted by atomic mass is 19.1. The quantitative estimate of drug-likeness (QED) is 0.712. The van der Waals surface area contributed by atoms with E-state index in [0.717, 1.165) is 56.0 Å². The lowest BCUT2D eigenvalue weighted by Gasteiger charge is -2.35. The van der Waals surface area contributed by atoms with Gasteiger partial charge in [0.2, 0.25) is 0 Å². The van der Waals surface area contributed by atoms with E-state index in [0.29, 0.717) is 0 Å². The Morgan fingerprint density at radius 1 is 1.06 bits per heavy atom. The highest BCUT2D eigenvalue weighted by Crippen LogP contribution is 2.46. The van der Waals surface area contributed by atoms with Crippen molar-refractivity contribution in [1.82, 2.24) is 5.32 Å². The van der Waals surface area contributed by atoms with E-state index in [1.165, 1.54) is 6.07 Å². The molecule has 1 saturated heterocycles. The molecule has 16 heavy (non-hydrogen) atoms. The zero-order chi connectivity index (χ0) is 11.2. The third-order valence-corrected chi connectivity index (χ3v) is 4.10. The molecule has 86 valence electrons. The van der Waals surface area contributed by atoms with Crippen molar-refractivity contribution in [1.29, 1.82) is 0 Å². The lowest BCUT2D eigenvalue weighted by atomic mass is 9.74. The van der Waals surface area contributed by atoms with Crippen LogP contribution in [0.1, 0.15) is 30.4 Å². The van der Waals surface area contributed by atoms with E-state index < -0.39 is 5.82 Å². The van der Waals surface area contributed by atoms with Crippen LogP contribution in [0.15, 0.2) is 12.1 Å². The maximum atomic E-state index is 13.9. The number of hydrogen-bond donors (Lipinski definition) is 1. The summed E-state index contributed by atoms with van der Waals surface area (Å²) in [5.41, 5.74) is 1.67. The van der Waals surface area contributed by atoms with Gasteiger partial charge in [0, 0.05) is 11.5 Å². The summed E-state index contributed by atoms with van der Waals surface area (Å²) in [6.45, 7) is 1.88. The number of benzene rings is 1. The number of nitrogens with one attached hydrogen (secondary N) is 1. The molecule has 0 amide bonds. The van der Waals surface area contributed by atoms with Gasteiger partial charge in [-0.3, -0.25) is 0 Å². The minimum atomic E-state index is -0.442. The van der Waals surface area contributed by atoms with Gasteiger partial charge >= 0.3 is 0 Å². The first-order valence-electron chi connectivity index (χ1n) is 5.90. The fourth-order valence-electron chi connectivity index (χ4n) is 3.32. The van der Waals surface area contributed by atoms with Gasteiger partial charge in [0.25, 0.3) is 0 Å². The molecule has 1 aromatic rings. The van der Waals surface area contributed by atoms with Gasteiger partial charge in [-0.1, -0.05) is 0 Å². The van der Waals surface area contributed by atoms with Gasteiger partial charge in [-0.25, -0.2) is 8.78 Å². The van der Waals surface area contributed by atoms with E-state index >= 15 is 0 Å². The van der Waals surface area contributed by atoms with E-state index in [1.807, 2.05) is 0 Å². The van der Waals surface area contributed by atoms with E-state index in [9.17, 15) is 8.78 Å². The Labute approximate surface area is 93.9 Å². The van der Waals surface area contributed by atoms with Gasteiger partial charge < -0.3 is 5.32 Å². The lowest BCUT2D eigenvalue weighted by Crippen LogP contribution is -2.38. The van der Waals surface area contributed by atoms with Crippen LogP contribution in [0.3, 0.4) is 0 Å². The molecule has 1 spiro atoms. The maximum absolute atomic E-state index is 13.9. The summed E-state index contributed by atoms with van der Waals surface area (Å²) in [5, 5.41) is 3.30. The van der Waals surface area contributed by atoms with Crippen molar-refractivity contribution in [2.75, 3.05) is 13.1 Å². The minimum absolute atomic E-state index is 0.0155. The van der Waals surface area contributed by atoms with Crippen LogP contribution in [0.4, 0.5) is 8.78 Å². The number of fused-ring (bicyclic) bond motifs is 2. The third-order valence-electron chi connectivity index (χ3n) is 4.10. The fraction of sp³-hybridized carbons (Fsp3) is 0.538. The van der Waals surface area contributed by atoms with E-state index in [-0.39, 0.29) is 11.2 Å². The largest absolute Gasteiger partial charge is 0.317 e. The average molecular weight is 223 g/mol. The summed E-state index contributed by atoms with van der Waals surface area (Å²) in [7, 11) is 0. The number of rotatable bonds is 0.